The summed E-state index contributed by atoms with van der Waals surface area (Å²) in [4.78, 5) is 4.37. The van der Waals surface area contributed by atoms with Crippen molar-refractivity contribution in [1.82, 2.24) is 15.2 Å². The summed E-state index contributed by atoms with van der Waals surface area (Å²) >= 11 is 0. The van der Waals surface area contributed by atoms with Crippen molar-refractivity contribution in [3.63, 3.8) is 0 Å². The first-order chi connectivity index (χ1) is 12.2. The summed E-state index contributed by atoms with van der Waals surface area (Å²) in [5.74, 6) is 1.57. The number of halogens is 1. The van der Waals surface area contributed by atoms with Gasteiger partial charge < -0.3 is 15.4 Å². The molecule has 0 aliphatic carbocycles. The van der Waals surface area contributed by atoms with Gasteiger partial charge >= 0.3 is 0 Å². The Hall–Kier alpha value is -3.22. The molecule has 25 heavy (non-hydrogen) atoms. The van der Waals surface area contributed by atoms with E-state index in [1.54, 1.807) is 25.4 Å². The maximum atomic E-state index is 12.9. The predicted molar refractivity (Wildman–Crippen MR) is 94.7 cm³/mol. The molecular weight excluding hydrogens is 321 g/mol. The normalized spacial score (nSPS) is 10.3. The second-order valence-electron chi connectivity index (χ2n) is 5.32. The molecule has 0 bridgehead atoms. The Bertz CT molecular complexity index is 808. The van der Waals surface area contributed by atoms with Crippen molar-refractivity contribution < 1.29 is 9.13 Å². The van der Waals surface area contributed by atoms with E-state index in [-0.39, 0.29) is 5.82 Å². The molecule has 7 heteroatoms. The van der Waals surface area contributed by atoms with E-state index in [1.807, 2.05) is 24.3 Å². The van der Waals surface area contributed by atoms with Gasteiger partial charge in [-0.2, -0.15) is 10.1 Å². The van der Waals surface area contributed by atoms with Crippen LogP contribution in [0.1, 0.15) is 5.56 Å². The van der Waals surface area contributed by atoms with Gasteiger partial charge in [0, 0.05) is 12.2 Å². The molecule has 0 spiro atoms. The van der Waals surface area contributed by atoms with Crippen molar-refractivity contribution in [2.75, 3.05) is 24.3 Å². The first-order valence-electron chi connectivity index (χ1n) is 7.82. The number of hydrogen-bond acceptors (Lipinski definition) is 6. The van der Waals surface area contributed by atoms with Crippen LogP contribution < -0.4 is 15.4 Å². The van der Waals surface area contributed by atoms with Crippen LogP contribution in [0.3, 0.4) is 0 Å². The molecule has 2 N–H and O–H groups in total. The fourth-order valence-electron chi connectivity index (χ4n) is 2.23. The Balaban J connectivity index is 1.56. The number of hydrogen-bond donors (Lipinski definition) is 2. The van der Waals surface area contributed by atoms with Crippen molar-refractivity contribution in [3.8, 4) is 5.75 Å². The Labute approximate surface area is 145 Å². The highest BCUT2D eigenvalue weighted by atomic mass is 19.1. The summed E-state index contributed by atoms with van der Waals surface area (Å²) in [6.07, 6.45) is 2.31. The number of nitrogens with zero attached hydrogens (tertiary/aromatic N) is 3. The second kappa shape index (κ2) is 8.05. The molecule has 0 aliphatic rings. The van der Waals surface area contributed by atoms with Gasteiger partial charge in [-0.15, -0.1) is 5.10 Å². The van der Waals surface area contributed by atoms with E-state index in [0.717, 1.165) is 23.4 Å². The molecule has 0 unspecified atom stereocenters. The minimum Gasteiger partial charge on any atom is -0.497 e. The molecule has 0 fully saturated rings. The van der Waals surface area contributed by atoms with Crippen LogP contribution in [-0.2, 0) is 6.42 Å². The summed E-state index contributed by atoms with van der Waals surface area (Å²) in [5.41, 5.74) is 1.89. The van der Waals surface area contributed by atoms with Crippen LogP contribution in [0.25, 0.3) is 0 Å². The molecule has 0 amide bonds. The van der Waals surface area contributed by atoms with Crippen LogP contribution in [0.2, 0.25) is 0 Å². The number of ether oxygens (including phenoxy) is 1. The van der Waals surface area contributed by atoms with Gasteiger partial charge in [-0.25, -0.2) is 4.39 Å². The molecule has 2 aromatic carbocycles. The zero-order valence-corrected chi connectivity index (χ0v) is 13.7. The number of benzene rings is 2. The van der Waals surface area contributed by atoms with E-state index < -0.39 is 0 Å². The van der Waals surface area contributed by atoms with Gasteiger partial charge in [0.25, 0.3) is 0 Å². The van der Waals surface area contributed by atoms with E-state index in [9.17, 15) is 4.39 Å². The van der Waals surface area contributed by atoms with E-state index in [1.165, 1.54) is 12.1 Å². The van der Waals surface area contributed by atoms with Crippen LogP contribution in [0.5, 0.6) is 5.75 Å². The first-order valence-corrected chi connectivity index (χ1v) is 7.82. The standard InChI is InChI=1S/C18H18FN5O/c1-25-16-8-6-15(7-9-16)22-18-23-17(12-21-24-18)20-11-10-13-2-4-14(19)5-3-13/h2-9,12H,10-11H2,1H3,(H2,20,22,23,24). The summed E-state index contributed by atoms with van der Waals surface area (Å²) in [6.45, 7) is 0.659. The molecule has 0 saturated heterocycles. The van der Waals surface area contributed by atoms with Gasteiger partial charge in [-0.3, -0.25) is 0 Å². The van der Waals surface area contributed by atoms with Gasteiger partial charge in [0.2, 0.25) is 5.95 Å². The van der Waals surface area contributed by atoms with E-state index in [0.29, 0.717) is 18.3 Å². The average molecular weight is 339 g/mol. The average Bonchev–Trinajstić information content (AvgIpc) is 2.64. The van der Waals surface area contributed by atoms with Crippen molar-refractivity contribution in [1.29, 1.82) is 0 Å². The number of anilines is 3. The fraction of sp³-hybridized carbons (Fsp3) is 0.167. The van der Waals surface area contributed by atoms with Crippen LogP contribution in [0, 0.1) is 5.82 Å². The minimum atomic E-state index is -0.231. The highest BCUT2D eigenvalue weighted by Crippen LogP contribution is 2.18. The third-order valence-electron chi connectivity index (χ3n) is 3.54. The van der Waals surface area contributed by atoms with Crippen molar-refractivity contribution >= 4 is 17.5 Å². The van der Waals surface area contributed by atoms with Crippen LogP contribution in [0.4, 0.5) is 21.8 Å². The number of rotatable bonds is 7. The largest absolute Gasteiger partial charge is 0.497 e. The third-order valence-corrected chi connectivity index (χ3v) is 3.54. The van der Waals surface area contributed by atoms with Gasteiger partial charge in [0.1, 0.15) is 11.6 Å². The van der Waals surface area contributed by atoms with E-state index >= 15 is 0 Å². The van der Waals surface area contributed by atoms with Crippen LogP contribution >= 0.6 is 0 Å². The Morgan fingerprint density at radius 1 is 1.04 bits per heavy atom. The molecule has 3 aromatic rings. The monoisotopic (exact) mass is 339 g/mol. The van der Waals surface area contributed by atoms with Crippen molar-refractivity contribution in [2.24, 2.45) is 0 Å². The maximum Gasteiger partial charge on any atom is 0.249 e. The zero-order valence-electron chi connectivity index (χ0n) is 13.7. The fourth-order valence-corrected chi connectivity index (χ4v) is 2.23. The zero-order chi connectivity index (χ0) is 17.5. The van der Waals surface area contributed by atoms with E-state index in [2.05, 4.69) is 25.8 Å². The molecule has 0 aliphatic heterocycles. The van der Waals surface area contributed by atoms with Gasteiger partial charge in [0.15, 0.2) is 5.82 Å². The van der Waals surface area contributed by atoms with Gasteiger partial charge in [0.05, 0.1) is 13.3 Å². The summed E-state index contributed by atoms with van der Waals surface area (Å²) in [7, 11) is 1.62. The lowest BCUT2D eigenvalue weighted by atomic mass is 10.1. The number of aromatic nitrogens is 3. The Kier molecular flexibility index (Phi) is 5.36. The molecule has 3 rings (SSSR count). The topological polar surface area (TPSA) is 72.0 Å². The maximum absolute atomic E-state index is 12.9. The lowest BCUT2D eigenvalue weighted by molar-refractivity contribution is 0.415. The predicted octanol–water partition coefficient (Wildman–Crippen LogP) is 3.42. The molecule has 1 heterocycles. The number of nitrogens with one attached hydrogen (secondary N) is 2. The summed E-state index contributed by atoms with van der Waals surface area (Å²) in [6, 6.07) is 13.9. The second-order valence-corrected chi connectivity index (χ2v) is 5.32. The quantitative estimate of drug-likeness (QED) is 0.687. The number of methoxy groups -OCH3 is 1. The molecule has 0 radical (unpaired) electrons. The highest BCUT2D eigenvalue weighted by Gasteiger charge is 2.02. The molecule has 0 saturated carbocycles. The van der Waals surface area contributed by atoms with Crippen molar-refractivity contribution in [2.45, 2.75) is 6.42 Å². The molecule has 0 atom stereocenters. The Morgan fingerprint density at radius 3 is 2.52 bits per heavy atom. The first kappa shape index (κ1) is 16.6. The molecule has 1 aromatic heterocycles. The minimum absolute atomic E-state index is 0.231. The smallest absolute Gasteiger partial charge is 0.249 e. The lowest BCUT2D eigenvalue weighted by Gasteiger charge is -2.08. The van der Waals surface area contributed by atoms with Gasteiger partial charge in [-0.05, 0) is 48.4 Å². The third kappa shape index (κ3) is 4.87. The van der Waals surface area contributed by atoms with Crippen LogP contribution in [-0.4, -0.2) is 28.8 Å². The lowest BCUT2D eigenvalue weighted by Crippen LogP contribution is -2.08. The van der Waals surface area contributed by atoms with Crippen molar-refractivity contribution in [3.05, 3.63) is 66.1 Å². The van der Waals surface area contributed by atoms with Gasteiger partial charge in [-0.1, -0.05) is 12.1 Å². The molecule has 128 valence electrons. The SMILES string of the molecule is COc1ccc(Nc2nncc(NCCc3ccc(F)cc3)n2)cc1. The Morgan fingerprint density at radius 2 is 1.80 bits per heavy atom. The summed E-state index contributed by atoms with van der Waals surface area (Å²) in [5, 5.41) is 14.2. The molecular formula is C18H18FN5O. The van der Waals surface area contributed by atoms with E-state index in [4.69, 9.17) is 4.74 Å². The highest BCUT2D eigenvalue weighted by molar-refractivity contribution is 5.55. The molecule has 6 nitrogen and oxygen atoms in total. The summed E-state index contributed by atoms with van der Waals surface area (Å²) < 4.78 is 18.0. The van der Waals surface area contributed by atoms with Crippen LogP contribution in [0.15, 0.2) is 54.7 Å².